The van der Waals surface area contributed by atoms with E-state index in [0.29, 0.717) is 5.56 Å². The summed E-state index contributed by atoms with van der Waals surface area (Å²) in [5.41, 5.74) is 0.585. The minimum Gasteiger partial charge on any atom is -0.480 e. The van der Waals surface area contributed by atoms with Crippen LogP contribution in [0.25, 0.3) is 0 Å². The maximum atomic E-state index is 11.0. The van der Waals surface area contributed by atoms with E-state index in [4.69, 9.17) is 15.3 Å². The number of benzene rings is 1. The van der Waals surface area contributed by atoms with Gasteiger partial charge in [0.2, 0.25) is 0 Å². The van der Waals surface area contributed by atoms with Crippen LogP contribution < -0.4 is 5.32 Å². The zero-order chi connectivity index (χ0) is 12.0. The molecule has 1 rings (SSSR count). The number of hydrogen-bond donors (Lipinski definition) is 4. The van der Waals surface area contributed by atoms with Gasteiger partial charge in [0.1, 0.15) is 6.04 Å². The molecule has 0 radical (unpaired) electrons. The van der Waals surface area contributed by atoms with Crippen LogP contribution in [0.5, 0.6) is 0 Å². The molecule has 4 N–H and O–H groups in total. The third-order valence-corrected chi connectivity index (χ3v) is 2.22. The van der Waals surface area contributed by atoms with Crippen molar-refractivity contribution >= 4 is 5.97 Å². The first-order chi connectivity index (χ1) is 7.69. The maximum absolute atomic E-state index is 11.0. The molecule has 0 saturated heterocycles. The lowest BCUT2D eigenvalue weighted by atomic mass is 10.1. The topological polar surface area (TPSA) is 89.8 Å². The zero-order valence-corrected chi connectivity index (χ0v) is 8.71. The van der Waals surface area contributed by atoms with Crippen LogP contribution in [-0.4, -0.2) is 40.5 Å². The number of rotatable bonds is 6. The summed E-state index contributed by atoms with van der Waals surface area (Å²) in [4.78, 5) is 11.0. The molecular formula is C11H15NO4. The summed E-state index contributed by atoms with van der Waals surface area (Å²) in [6, 6.07) is 7.05. The van der Waals surface area contributed by atoms with Crippen LogP contribution in [0.15, 0.2) is 30.3 Å². The molecule has 0 saturated carbocycles. The third kappa shape index (κ3) is 3.30. The molecule has 0 aliphatic heterocycles. The van der Waals surface area contributed by atoms with Crippen molar-refractivity contribution in [1.29, 1.82) is 0 Å². The van der Waals surface area contributed by atoms with E-state index < -0.39 is 18.1 Å². The van der Waals surface area contributed by atoms with Crippen LogP contribution in [-0.2, 0) is 4.79 Å². The van der Waals surface area contributed by atoms with E-state index in [0.717, 1.165) is 0 Å². The quantitative estimate of drug-likeness (QED) is 0.536. The van der Waals surface area contributed by atoms with Crippen molar-refractivity contribution in [2.24, 2.45) is 0 Å². The molecule has 0 amide bonds. The van der Waals surface area contributed by atoms with E-state index >= 15 is 0 Å². The fourth-order valence-electron chi connectivity index (χ4n) is 1.35. The lowest BCUT2D eigenvalue weighted by Crippen LogP contribution is -2.41. The molecule has 0 spiro atoms. The number of carbonyl (C=O) groups is 1. The summed E-state index contributed by atoms with van der Waals surface area (Å²) in [7, 11) is 0. The predicted molar refractivity (Wildman–Crippen MR) is 57.9 cm³/mol. The highest BCUT2D eigenvalue weighted by atomic mass is 16.4. The Morgan fingerprint density at radius 2 is 1.75 bits per heavy atom. The summed E-state index contributed by atoms with van der Waals surface area (Å²) in [5.74, 6) is -1.04. The fraction of sp³-hybridized carbons (Fsp3) is 0.364. The Kier molecular flexibility index (Phi) is 4.91. The van der Waals surface area contributed by atoms with Crippen molar-refractivity contribution in [3.8, 4) is 0 Å². The molecule has 0 aliphatic rings. The number of aliphatic carboxylic acids is 1. The van der Waals surface area contributed by atoms with Gasteiger partial charge in [-0.15, -0.1) is 0 Å². The number of carboxylic acids is 1. The highest BCUT2D eigenvalue weighted by Crippen LogP contribution is 2.13. The van der Waals surface area contributed by atoms with E-state index in [-0.39, 0.29) is 13.2 Å². The lowest BCUT2D eigenvalue weighted by Gasteiger charge is -2.20. The first-order valence-electron chi connectivity index (χ1n) is 4.94. The van der Waals surface area contributed by atoms with E-state index in [1.54, 1.807) is 30.3 Å². The Labute approximate surface area is 93.4 Å². The number of aliphatic hydroxyl groups excluding tert-OH is 2. The Balaban J connectivity index is 2.80. The monoisotopic (exact) mass is 225 g/mol. The van der Waals surface area contributed by atoms with Crippen LogP contribution in [0.3, 0.4) is 0 Å². The smallest absolute Gasteiger partial charge is 0.325 e. The van der Waals surface area contributed by atoms with Gasteiger partial charge in [0.15, 0.2) is 0 Å². The summed E-state index contributed by atoms with van der Waals surface area (Å²) < 4.78 is 0. The highest BCUT2D eigenvalue weighted by Gasteiger charge is 2.22. The van der Waals surface area contributed by atoms with Gasteiger partial charge in [0.05, 0.1) is 19.3 Å². The largest absolute Gasteiger partial charge is 0.480 e. The Morgan fingerprint density at radius 1 is 1.19 bits per heavy atom. The molecule has 1 aromatic rings. The van der Waals surface area contributed by atoms with E-state index in [1.807, 2.05) is 0 Å². The first kappa shape index (κ1) is 12.6. The lowest BCUT2D eigenvalue weighted by molar-refractivity contribution is -0.140. The molecule has 1 unspecified atom stereocenters. The number of nitrogens with one attached hydrogen (secondary N) is 1. The van der Waals surface area contributed by atoms with Gasteiger partial charge in [-0.1, -0.05) is 30.3 Å². The summed E-state index contributed by atoms with van der Waals surface area (Å²) >= 11 is 0. The minimum atomic E-state index is -1.04. The number of hydrogen-bond acceptors (Lipinski definition) is 4. The van der Waals surface area contributed by atoms with Crippen LogP contribution >= 0.6 is 0 Å². The molecule has 1 atom stereocenters. The van der Waals surface area contributed by atoms with Gasteiger partial charge < -0.3 is 15.3 Å². The zero-order valence-electron chi connectivity index (χ0n) is 8.71. The van der Waals surface area contributed by atoms with Gasteiger partial charge >= 0.3 is 5.97 Å². The summed E-state index contributed by atoms with van der Waals surface area (Å²) in [6.07, 6.45) is 0. The molecule has 88 valence electrons. The molecule has 0 aromatic heterocycles. The van der Waals surface area contributed by atoms with Gasteiger partial charge in [0, 0.05) is 0 Å². The average Bonchev–Trinajstić information content (AvgIpc) is 2.31. The second-order valence-corrected chi connectivity index (χ2v) is 3.41. The van der Waals surface area contributed by atoms with Crippen LogP contribution in [0, 0.1) is 0 Å². The van der Waals surface area contributed by atoms with Crippen molar-refractivity contribution in [3.63, 3.8) is 0 Å². The van der Waals surface area contributed by atoms with E-state index in [2.05, 4.69) is 5.32 Å². The molecule has 0 fully saturated rings. The second kappa shape index (κ2) is 6.22. The highest BCUT2D eigenvalue weighted by molar-refractivity contribution is 5.75. The van der Waals surface area contributed by atoms with Gasteiger partial charge in [-0.3, -0.25) is 10.1 Å². The van der Waals surface area contributed by atoms with Gasteiger partial charge in [-0.2, -0.15) is 0 Å². The normalized spacial score (nSPS) is 12.7. The number of carboxylic acid groups (broad SMARTS) is 1. The molecule has 0 heterocycles. The third-order valence-electron chi connectivity index (χ3n) is 2.22. The Hall–Kier alpha value is -1.43. The predicted octanol–water partition coefficient (Wildman–Crippen LogP) is -0.245. The van der Waals surface area contributed by atoms with Crippen molar-refractivity contribution in [1.82, 2.24) is 5.32 Å². The number of aliphatic hydroxyl groups is 2. The summed E-state index contributed by atoms with van der Waals surface area (Å²) in [5, 5.41) is 29.5. The molecule has 5 nitrogen and oxygen atoms in total. The van der Waals surface area contributed by atoms with E-state index in [1.165, 1.54) is 0 Å². The van der Waals surface area contributed by atoms with Crippen molar-refractivity contribution in [2.45, 2.75) is 12.1 Å². The van der Waals surface area contributed by atoms with Gasteiger partial charge in [-0.05, 0) is 5.56 Å². The summed E-state index contributed by atoms with van der Waals surface area (Å²) in [6.45, 7) is -0.625. The van der Waals surface area contributed by atoms with Crippen LogP contribution in [0.4, 0.5) is 0 Å². The molecule has 0 bridgehead atoms. The van der Waals surface area contributed by atoms with Gasteiger partial charge in [-0.25, -0.2) is 0 Å². The first-order valence-corrected chi connectivity index (χ1v) is 4.94. The maximum Gasteiger partial charge on any atom is 0.325 e. The second-order valence-electron chi connectivity index (χ2n) is 3.41. The average molecular weight is 225 g/mol. The van der Waals surface area contributed by atoms with Crippen molar-refractivity contribution in [2.75, 3.05) is 13.2 Å². The molecule has 1 aromatic carbocycles. The van der Waals surface area contributed by atoms with Crippen molar-refractivity contribution in [3.05, 3.63) is 35.9 Å². The molecule has 5 heteroatoms. The van der Waals surface area contributed by atoms with Gasteiger partial charge in [0.25, 0.3) is 0 Å². The van der Waals surface area contributed by atoms with Crippen molar-refractivity contribution < 1.29 is 20.1 Å². The van der Waals surface area contributed by atoms with Crippen LogP contribution in [0.1, 0.15) is 11.6 Å². The SMILES string of the molecule is O=C(O)C(NC(CO)CO)c1ccccc1. The molecule has 0 aliphatic carbocycles. The molecular weight excluding hydrogens is 210 g/mol. The van der Waals surface area contributed by atoms with Crippen LogP contribution in [0.2, 0.25) is 0 Å². The fourth-order valence-corrected chi connectivity index (χ4v) is 1.35. The molecule has 16 heavy (non-hydrogen) atoms. The Bertz CT molecular complexity index is 324. The Morgan fingerprint density at radius 3 is 2.19 bits per heavy atom. The minimum absolute atomic E-state index is 0.312. The van der Waals surface area contributed by atoms with E-state index in [9.17, 15) is 4.79 Å². The standard InChI is InChI=1S/C11H15NO4/c13-6-9(7-14)12-10(11(15)16)8-4-2-1-3-5-8/h1-5,9-10,12-14H,6-7H2,(H,15,16).